The zero-order valence-electron chi connectivity index (χ0n) is 8.48. The summed E-state index contributed by atoms with van der Waals surface area (Å²) < 4.78 is 27.8. The van der Waals surface area contributed by atoms with Crippen LogP contribution >= 0.6 is 0 Å². The molecule has 1 aromatic carbocycles. The molecule has 6 heteroatoms. The number of hydrogen-bond acceptors (Lipinski definition) is 3. The number of halogens is 2. The van der Waals surface area contributed by atoms with Gasteiger partial charge in [-0.25, -0.2) is 5.43 Å². The Morgan fingerprint density at radius 1 is 1.44 bits per heavy atom. The predicted molar refractivity (Wildman–Crippen MR) is 54.5 cm³/mol. The number of alkyl halides is 2. The molecule has 0 aliphatic carbocycles. The molecule has 0 heterocycles. The number of hydrogen-bond donors (Lipinski definition) is 1. The molecule has 0 unspecified atom stereocenters. The van der Waals surface area contributed by atoms with Crippen LogP contribution in [0, 0.1) is 0 Å². The lowest BCUT2D eigenvalue weighted by atomic mass is 10.2. The van der Waals surface area contributed by atoms with Gasteiger partial charge in [-0.1, -0.05) is 0 Å². The van der Waals surface area contributed by atoms with Crippen LogP contribution in [0.15, 0.2) is 29.4 Å². The van der Waals surface area contributed by atoms with Crippen molar-refractivity contribution < 1.29 is 18.3 Å². The summed E-state index contributed by atoms with van der Waals surface area (Å²) in [6, 6.07) is 5.87. The van der Waals surface area contributed by atoms with E-state index in [2.05, 4.69) is 15.3 Å². The average Bonchev–Trinajstić information content (AvgIpc) is 2.19. The van der Waals surface area contributed by atoms with Gasteiger partial charge >= 0.3 is 6.61 Å². The Morgan fingerprint density at radius 3 is 2.56 bits per heavy atom. The molecule has 86 valence electrons. The molecule has 1 rings (SSSR count). The number of carbonyl (C=O) groups excluding carboxylic acids is 1. The molecular weight excluding hydrogens is 218 g/mol. The van der Waals surface area contributed by atoms with Crippen molar-refractivity contribution in [3.05, 3.63) is 29.8 Å². The average molecular weight is 228 g/mol. The van der Waals surface area contributed by atoms with Crippen molar-refractivity contribution in [3.63, 3.8) is 0 Å². The summed E-state index contributed by atoms with van der Waals surface area (Å²) in [6.45, 7) is -1.50. The molecule has 1 aromatic rings. The van der Waals surface area contributed by atoms with Crippen LogP contribution in [0.2, 0.25) is 0 Å². The van der Waals surface area contributed by atoms with E-state index in [-0.39, 0.29) is 11.7 Å². The molecule has 0 aliphatic rings. The number of hydrazone groups is 1. The molecule has 0 radical (unpaired) electrons. The second kappa shape index (κ2) is 5.79. The van der Waals surface area contributed by atoms with E-state index in [1.807, 2.05) is 0 Å². The third-order valence-corrected chi connectivity index (χ3v) is 1.54. The Balaban J connectivity index is 2.57. The van der Waals surface area contributed by atoms with E-state index in [1.165, 1.54) is 25.3 Å². The molecule has 0 atom stereocenters. The number of benzene rings is 1. The minimum Gasteiger partial charge on any atom is -0.435 e. The quantitative estimate of drug-likeness (QED) is 0.630. The maximum absolute atomic E-state index is 11.8. The Morgan fingerprint density at radius 2 is 2.06 bits per heavy atom. The molecule has 1 N–H and O–H groups in total. The Kier molecular flexibility index (Phi) is 4.38. The fourth-order valence-corrected chi connectivity index (χ4v) is 0.933. The maximum Gasteiger partial charge on any atom is 0.387 e. The summed E-state index contributed by atoms with van der Waals surface area (Å²) in [4.78, 5) is 10.5. The second-order valence-electron chi connectivity index (χ2n) is 2.87. The Hall–Kier alpha value is -1.98. The molecule has 1 amide bonds. The molecule has 0 spiro atoms. The highest BCUT2D eigenvalue weighted by Crippen LogP contribution is 2.13. The van der Waals surface area contributed by atoms with Gasteiger partial charge < -0.3 is 4.74 Å². The number of ether oxygens (including phenoxy) is 1. The zero-order chi connectivity index (χ0) is 12.0. The van der Waals surface area contributed by atoms with Crippen molar-refractivity contribution in [2.24, 2.45) is 5.10 Å². The summed E-state index contributed by atoms with van der Waals surface area (Å²) in [7, 11) is 0. The smallest absolute Gasteiger partial charge is 0.387 e. The lowest BCUT2D eigenvalue weighted by Gasteiger charge is -2.03. The van der Waals surface area contributed by atoms with E-state index < -0.39 is 6.61 Å². The van der Waals surface area contributed by atoms with Crippen molar-refractivity contribution in [3.8, 4) is 5.75 Å². The highest BCUT2D eigenvalue weighted by atomic mass is 19.3. The van der Waals surface area contributed by atoms with Crippen molar-refractivity contribution in [1.29, 1.82) is 0 Å². The van der Waals surface area contributed by atoms with Crippen molar-refractivity contribution in [2.45, 2.75) is 13.5 Å². The Labute approximate surface area is 90.9 Å². The number of carbonyl (C=O) groups is 1. The summed E-state index contributed by atoms with van der Waals surface area (Å²) in [6.07, 6.45) is 1.40. The summed E-state index contributed by atoms with van der Waals surface area (Å²) in [5.74, 6) is -0.208. The van der Waals surface area contributed by atoms with Gasteiger partial charge in [-0.2, -0.15) is 13.9 Å². The summed E-state index contributed by atoms with van der Waals surface area (Å²) >= 11 is 0. The topological polar surface area (TPSA) is 50.7 Å². The first-order chi connectivity index (χ1) is 7.58. The summed E-state index contributed by atoms with van der Waals surface area (Å²) in [5, 5.41) is 3.62. The first kappa shape index (κ1) is 12.1. The van der Waals surface area contributed by atoms with Gasteiger partial charge in [0.2, 0.25) is 5.91 Å². The first-order valence-corrected chi connectivity index (χ1v) is 4.42. The molecule has 0 fully saturated rings. The first-order valence-electron chi connectivity index (χ1n) is 4.42. The number of nitrogens with zero attached hydrogens (tertiary/aromatic N) is 1. The van der Waals surface area contributed by atoms with Gasteiger partial charge in [-0.3, -0.25) is 4.79 Å². The molecule has 0 saturated heterocycles. The van der Waals surface area contributed by atoms with Gasteiger partial charge in [0.25, 0.3) is 0 Å². The van der Waals surface area contributed by atoms with Gasteiger partial charge in [0.15, 0.2) is 0 Å². The highest BCUT2D eigenvalue weighted by Gasteiger charge is 2.02. The van der Waals surface area contributed by atoms with Crippen LogP contribution < -0.4 is 10.2 Å². The largest absolute Gasteiger partial charge is 0.435 e. The van der Waals surface area contributed by atoms with E-state index in [0.717, 1.165) is 0 Å². The van der Waals surface area contributed by atoms with E-state index >= 15 is 0 Å². The number of nitrogens with one attached hydrogen (secondary N) is 1. The Bertz CT molecular complexity index is 377. The van der Waals surface area contributed by atoms with Crippen molar-refractivity contribution in [2.75, 3.05) is 0 Å². The number of amides is 1. The normalized spacial score (nSPS) is 10.8. The van der Waals surface area contributed by atoms with Crippen molar-refractivity contribution in [1.82, 2.24) is 5.43 Å². The molecule has 0 aliphatic heterocycles. The molecular formula is C10H10F2N2O2. The lowest BCUT2D eigenvalue weighted by molar-refractivity contribution is -0.118. The van der Waals surface area contributed by atoms with Crippen LogP contribution in [0.4, 0.5) is 8.78 Å². The van der Waals surface area contributed by atoms with Crippen molar-refractivity contribution >= 4 is 12.1 Å². The van der Waals surface area contributed by atoms with Gasteiger partial charge in [-0.15, -0.1) is 0 Å². The molecule has 4 nitrogen and oxygen atoms in total. The monoisotopic (exact) mass is 228 g/mol. The van der Waals surface area contributed by atoms with Gasteiger partial charge in [0, 0.05) is 6.92 Å². The maximum atomic E-state index is 11.8. The van der Waals surface area contributed by atoms with Gasteiger partial charge in [-0.05, 0) is 29.8 Å². The molecule has 0 saturated carbocycles. The predicted octanol–water partition coefficient (Wildman–Crippen LogP) is 1.76. The van der Waals surface area contributed by atoms with Crippen LogP contribution in [0.1, 0.15) is 12.5 Å². The second-order valence-corrected chi connectivity index (χ2v) is 2.87. The third kappa shape index (κ3) is 4.50. The molecule has 0 aromatic heterocycles. The fraction of sp³-hybridized carbons (Fsp3) is 0.200. The van der Waals surface area contributed by atoms with Crippen LogP contribution in [0.5, 0.6) is 5.75 Å². The van der Waals surface area contributed by atoms with Gasteiger partial charge in [0.1, 0.15) is 5.75 Å². The molecule has 0 bridgehead atoms. The summed E-state index contributed by atoms with van der Waals surface area (Å²) in [5.41, 5.74) is 2.88. The van der Waals surface area contributed by atoms with Crippen LogP contribution in [0.3, 0.4) is 0 Å². The third-order valence-electron chi connectivity index (χ3n) is 1.54. The van der Waals surface area contributed by atoms with E-state index in [4.69, 9.17) is 0 Å². The zero-order valence-corrected chi connectivity index (χ0v) is 8.48. The van der Waals surface area contributed by atoms with Crippen LogP contribution in [0.25, 0.3) is 0 Å². The van der Waals surface area contributed by atoms with Crippen LogP contribution in [-0.4, -0.2) is 18.7 Å². The van der Waals surface area contributed by atoms with E-state index in [9.17, 15) is 13.6 Å². The SMILES string of the molecule is CC(=O)N/N=C\c1ccc(OC(F)F)cc1. The number of rotatable bonds is 4. The highest BCUT2D eigenvalue weighted by molar-refractivity contribution is 5.81. The lowest BCUT2D eigenvalue weighted by Crippen LogP contribution is -2.12. The van der Waals surface area contributed by atoms with Crippen LogP contribution in [-0.2, 0) is 4.79 Å². The van der Waals surface area contributed by atoms with E-state index in [1.54, 1.807) is 12.1 Å². The minimum atomic E-state index is -2.83. The standard InChI is InChI=1S/C10H10F2N2O2/c1-7(15)14-13-6-8-2-4-9(5-3-8)16-10(11)12/h2-6,10H,1H3,(H,14,15)/b13-6-. The van der Waals surface area contributed by atoms with E-state index in [0.29, 0.717) is 5.56 Å². The fourth-order valence-electron chi connectivity index (χ4n) is 0.933. The van der Waals surface area contributed by atoms with Gasteiger partial charge in [0.05, 0.1) is 6.21 Å². The molecule has 16 heavy (non-hydrogen) atoms. The minimum absolute atomic E-state index is 0.0756.